The monoisotopic (exact) mass is 348 g/mol. The van der Waals surface area contributed by atoms with Crippen LogP contribution in [-0.4, -0.2) is 33.7 Å². The molecule has 0 aliphatic rings. The molecule has 1 aromatic carbocycles. The minimum Gasteiger partial charge on any atom is -0.496 e. The van der Waals surface area contributed by atoms with Crippen molar-refractivity contribution in [1.29, 1.82) is 0 Å². The normalized spacial score (nSPS) is 10.8. The first kappa shape index (κ1) is 16.0. The molecule has 0 aliphatic heterocycles. The van der Waals surface area contributed by atoms with Crippen molar-refractivity contribution in [2.24, 2.45) is 7.05 Å². The molecule has 3 rings (SSSR count). The Balaban J connectivity index is 2.43. The molecule has 2 aromatic heterocycles. The van der Waals surface area contributed by atoms with Gasteiger partial charge in [0, 0.05) is 7.05 Å². The van der Waals surface area contributed by atoms with Crippen LogP contribution in [0.15, 0.2) is 27.8 Å². The lowest BCUT2D eigenvalue weighted by molar-refractivity contribution is 0.397. The summed E-state index contributed by atoms with van der Waals surface area (Å²) in [6, 6.07) is 5.18. The van der Waals surface area contributed by atoms with Gasteiger partial charge in [-0.2, -0.15) is 0 Å². The number of nitrogens with zero attached hydrogens (tertiary/aromatic N) is 3. The van der Waals surface area contributed by atoms with E-state index in [2.05, 4.69) is 15.0 Å². The molecule has 124 valence electrons. The summed E-state index contributed by atoms with van der Waals surface area (Å²) in [5.74, 6) is 0.928. The molecule has 9 heteroatoms. The van der Waals surface area contributed by atoms with E-state index < -0.39 is 11.2 Å². The van der Waals surface area contributed by atoms with Gasteiger partial charge in [-0.15, -0.1) is 0 Å². The third-order valence-electron chi connectivity index (χ3n) is 3.56. The molecule has 0 radical (unpaired) electrons. The number of aryl methyl sites for hydroxylation is 1. The van der Waals surface area contributed by atoms with E-state index in [1.165, 1.54) is 25.8 Å². The summed E-state index contributed by atoms with van der Waals surface area (Å²) in [5, 5.41) is 0.0194. The van der Waals surface area contributed by atoms with Crippen molar-refractivity contribution in [1.82, 2.24) is 19.5 Å². The maximum atomic E-state index is 12.1. The van der Waals surface area contributed by atoms with Crippen LogP contribution in [0.3, 0.4) is 0 Å². The quantitative estimate of drug-likeness (QED) is 0.767. The molecule has 0 aliphatic carbocycles. The van der Waals surface area contributed by atoms with Gasteiger partial charge in [0.05, 0.1) is 19.8 Å². The lowest BCUT2D eigenvalue weighted by Gasteiger charge is -2.14. The van der Waals surface area contributed by atoms with Gasteiger partial charge in [-0.1, -0.05) is 17.7 Å². The van der Waals surface area contributed by atoms with Crippen LogP contribution in [-0.2, 0) is 7.05 Å². The van der Waals surface area contributed by atoms with E-state index in [9.17, 15) is 9.59 Å². The average Bonchev–Trinajstić information content (AvgIpc) is 2.58. The molecule has 1 N–H and O–H groups in total. The van der Waals surface area contributed by atoms with Crippen molar-refractivity contribution in [3.8, 4) is 22.8 Å². The predicted octanol–water partition coefficient (Wildman–Crippen LogP) is 1.35. The van der Waals surface area contributed by atoms with Gasteiger partial charge in [-0.25, -0.2) is 14.8 Å². The molecule has 8 nitrogen and oxygen atoms in total. The number of methoxy groups -OCH3 is 2. The first-order chi connectivity index (χ1) is 11.5. The van der Waals surface area contributed by atoms with Crippen LogP contribution in [0.1, 0.15) is 0 Å². The number of ether oxygens (including phenoxy) is 2. The van der Waals surface area contributed by atoms with Gasteiger partial charge in [-0.05, 0) is 12.1 Å². The number of nitrogens with one attached hydrogen (secondary N) is 1. The Hall–Kier alpha value is -2.87. The maximum Gasteiger partial charge on any atom is 0.329 e. The van der Waals surface area contributed by atoms with Crippen LogP contribution in [0.2, 0.25) is 5.15 Å². The molecule has 0 saturated carbocycles. The topological polar surface area (TPSA) is 99.1 Å². The smallest absolute Gasteiger partial charge is 0.329 e. The largest absolute Gasteiger partial charge is 0.496 e. The van der Waals surface area contributed by atoms with Crippen molar-refractivity contribution in [3.63, 3.8) is 0 Å². The van der Waals surface area contributed by atoms with Crippen LogP contribution in [0, 0.1) is 0 Å². The molecule has 0 bridgehead atoms. The molecule has 2 heterocycles. The molecule has 0 atom stereocenters. The third-order valence-corrected chi connectivity index (χ3v) is 3.82. The first-order valence-corrected chi connectivity index (χ1v) is 7.23. The van der Waals surface area contributed by atoms with E-state index in [1.807, 2.05) is 0 Å². The van der Waals surface area contributed by atoms with Gasteiger partial charge in [0.2, 0.25) is 0 Å². The van der Waals surface area contributed by atoms with E-state index in [4.69, 9.17) is 21.1 Å². The fourth-order valence-corrected chi connectivity index (χ4v) is 2.59. The van der Waals surface area contributed by atoms with E-state index in [-0.39, 0.29) is 22.0 Å². The van der Waals surface area contributed by atoms with Crippen LogP contribution in [0.25, 0.3) is 22.4 Å². The molecule has 0 fully saturated rings. The highest BCUT2D eigenvalue weighted by atomic mass is 35.5. The standard InChI is InChI=1S/C15H13ClN4O4/c1-20-13-11(14(21)19-15(20)22)17-10(12(16)18-13)9-7(23-2)5-4-6-8(9)24-3/h4-6H,1-3H3,(H,19,21,22). The van der Waals surface area contributed by atoms with Crippen LogP contribution in [0.4, 0.5) is 0 Å². The van der Waals surface area contributed by atoms with Crippen molar-refractivity contribution in [2.75, 3.05) is 14.2 Å². The number of halogens is 1. The zero-order valence-electron chi connectivity index (χ0n) is 13.1. The van der Waals surface area contributed by atoms with Crippen molar-refractivity contribution in [2.45, 2.75) is 0 Å². The van der Waals surface area contributed by atoms with E-state index in [1.54, 1.807) is 18.2 Å². The van der Waals surface area contributed by atoms with Crippen LogP contribution < -0.4 is 20.7 Å². The summed E-state index contributed by atoms with van der Waals surface area (Å²) in [5.41, 5.74) is -0.471. The highest BCUT2D eigenvalue weighted by molar-refractivity contribution is 6.32. The fourth-order valence-electron chi connectivity index (χ4n) is 2.37. The van der Waals surface area contributed by atoms with Gasteiger partial charge in [-0.3, -0.25) is 14.3 Å². The predicted molar refractivity (Wildman–Crippen MR) is 88.9 cm³/mol. The summed E-state index contributed by atoms with van der Waals surface area (Å²) in [6.45, 7) is 0. The fraction of sp³-hybridized carbons (Fsp3) is 0.200. The molecule has 0 amide bonds. The number of fused-ring (bicyclic) bond motifs is 1. The van der Waals surface area contributed by atoms with Crippen LogP contribution >= 0.6 is 11.6 Å². The van der Waals surface area contributed by atoms with Gasteiger partial charge in [0.1, 0.15) is 17.2 Å². The number of hydrogen-bond donors (Lipinski definition) is 1. The number of hydrogen-bond acceptors (Lipinski definition) is 6. The minimum atomic E-state index is -0.646. The second kappa shape index (κ2) is 5.97. The Labute approximate surface area is 140 Å². The van der Waals surface area contributed by atoms with Gasteiger partial charge < -0.3 is 9.47 Å². The van der Waals surface area contributed by atoms with Crippen molar-refractivity contribution >= 4 is 22.8 Å². The molecular weight excluding hydrogens is 336 g/mol. The second-order valence-corrected chi connectivity index (χ2v) is 5.25. The Morgan fingerprint density at radius 1 is 1.12 bits per heavy atom. The van der Waals surface area contributed by atoms with Crippen LogP contribution in [0.5, 0.6) is 11.5 Å². The number of rotatable bonds is 3. The Bertz CT molecular complexity index is 1040. The first-order valence-electron chi connectivity index (χ1n) is 6.85. The number of aromatic nitrogens is 4. The lowest BCUT2D eigenvalue weighted by Crippen LogP contribution is -2.29. The van der Waals surface area contributed by atoms with Crippen molar-refractivity contribution in [3.05, 3.63) is 44.2 Å². The van der Waals surface area contributed by atoms with E-state index >= 15 is 0 Å². The summed E-state index contributed by atoms with van der Waals surface area (Å²) in [7, 11) is 4.46. The highest BCUT2D eigenvalue weighted by Gasteiger charge is 2.20. The highest BCUT2D eigenvalue weighted by Crippen LogP contribution is 2.40. The third kappa shape index (κ3) is 2.41. The molecule has 0 spiro atoms. The number of H-pyrrole nitrogens is 1. The summed E-state index contributed by atoms with van der Waals surface area (Å²) < 4.78 is 11.8. The molecule has 24 heavy (non-hydrogen) atoms. The molecule has 0 saturated heterocycles. The van der Waals surface area contributed by atoms with Gasteiger partial charge >= 0.3 is 5.69 Å². The minimum absolute atomic E-state index is 0.00976. The summed E-state index contributed by atoms with van der Waals surface area (Å²) >= 11 is 6.26. The van der Waals surface area contributed by atoms with E-state index in [0.29, 0.717) is 17.1 Å². The molecule has 0 unspecified atom stereocenters. The average molecular weight is 349 g/mol. The number of benzene rings is 1. The van der Waals surface area contributed by atoms with Gasteiger partial charge in [0.15, 0.2) is 16.3 Å². The lowest BCUT2D eigenvalue weighted by atomic mass is 10.1. The SMILES string of the molecule is COc1cccc(OC)c1-c1nc2c(=O)[nH]c(=O)n(C)c2nc1Cl. The maximum absolute atomic E-state index is 12.1. The Morgan fingerprint density at radius 2 is 1.75 bits per heavy atom. The Morgan fingerprint density at radius 3 is 2.33 bits per heavy atom. The molecular formula is C15H13ClN4O4. The number of aromatic amines is 1. The summed E-state index contributed by atoms with van der Waals surface area (Å²) in [4.78, 5) is 34.4. The van der Waals surface area contributed by atoms with Gasteiger partial charge in [0.25, 0.3) is 5.56 Å². The zero-order valence-corrected chi connectivity index (χ0v) is 13.8. The van der Waals surface area contributed by atoms with Crippen molar-refractivity contribution < 1.29 is 9.47 Å². The Kier molecular flexibility index (Phi) is 3.98. The molecule has 3 aromatic rings. The second-order valence-electron chi connectivity index (χ2n) is 4.89. The zero-order chi connectivity index (χ0) is 17.4. The summed E-state index contributed by atoms with van der Waals surface area (Å²) in [6.07, 6.45) is 0. The van der Waals surface area contributed by atoms with E-state index in [0.717, 1.165) is 0 Å².